The minimum Gasteiger partial charge on any atom is -0.481 e. The first-order chi connectivity index (χ1) is 13.3. The first-order valence-electron chi connectivity index (χ1n) is 8.94. The summed E-state index contributed by atoms with van der Waals surface area (Å²) < 4.78 is 1.12. The van der Waals surface area contributed by atoms with Crippen molar-refractivity contribution >= 4 is 40.5 Å². The molecule has 3 N–H and O–H groups in total. The summed E-state index contributed by atoms with van der Waals surface area (Å²) in [6.07, 6.45) is 1.56. The third-order valence-electron chi connectivity index (χ3n) is 4.64. The number of rotatable bonds is 7. The molecule has 1 saturated heterocycles. The predicted octanol–water partition coefficient (Wildman–Crippen LogP) is 3.16. The first-order valence-corrected chi connectivity index (χ1v) is 10.0. The fourth-order valence-electron chi connectivity index (χ4n) is 3.27. The number of carbonyl (C=O) groups is 3. The number of amides is 3. The van der Waals surface area contributed by atoms with Gasteiger partial charge in [0.05, 0.1) is 11.9 Å². The monoisotopic (exact) mass is 496 g/mol. The van der Waals surface area contributed by atoms with Gasteiger partial charge in [0, 0.05) is 9.99 Å². The Hall–Kier alpha value is -2.43. The number of nitrogens with one attached hydrogen (secondary N) is 2. The second-order valence-electron chi connectivity index (χ2n) is 7.02. The maximum Gasteiger partial charge on any atom is 0.325 e. The molecule has 2 aromatic rings. The van der Waals surface area contributed by atoms with Crippen LogP contribution in [0.4, 0.5) is 4.79 Å². The first kappa shape index (κ1) is 20.3. The second kappa shape index (κ2) is 8.29. The van der Waals surface area contributed by atoms with E-state index < -0.39 is 30.0 Å². The summed E-state index contributed by atoms with van der Waals surface area (Å²) in [7, 11) is 0. The molecule has 3 amide bonds. The number of aromatic amines is 1. The number of hydrogen-bond acceptors (Lipinski definition) is 4. The van der Waals surface area contributed by atoms with Gasteiger partial charge in [-0.3, -0.25) is 14.5 Å². The lowest BCUT2D eigenvalue weighted by Gasteiger charge is -2.27. The number of carboxylic acids is 1. The van der Waals surface area contributed by atoms with Gasteiger partial charge in [-0.25, -0.2) is 9.78 Å². The number of urea groups is 1. The molecule has 1 aliphatic heterocycles. The number of carbonyl (C=O) groups excluding carboxylic acids is 2. The molecule has 148 valence electrons. The highest BCUT2D eigenvalue weighted by atomic mass is 127. The number of aliphatic carboxylic acids is 1. The minimum absolute atomic E-state index is 0.0628. The molecule has 0 bridgehead atoms. The van der Waals surface area contributed by atoms with Gasteiger partial charge in [-0.1, -0.05) is 26.0 Å². The van der Waals surface area contributed by atoms with E-state index in [4.69, 9.17) is 5.11 Å². The summed E-state index contributed by atoms with van der Waals surface area (Å²) in [4.78, 5) is 44.9. The SMILES string of the molecule is CC(C)[C@@H](c1ncc(-c2ccc(I)cc2)[nH]1)N1C(=O)N[C@H](CCC(=O)O)C1=O. The van der Waals surface area contributed by atoms with Crippen LogP contribution in [0.1, 0.15) is 38.6 Å². The van der Waals surface area contributed by atoms with Gasteiger partial charge in [-0.05, 0) is 52.6 Å². The highest BCUT2D eigenvalue weighted by molar-refractivity contribution is 14.1. The molecule has 1 fully saturated rings. The molecule has 1 aromatic carbocycles. The van der Waals surface area contributed by atoms with Crippen LogP contribution in [0.5, 0.6) is 0 Å². The number of nitrogens with zero attached hydrogens (tertiary/aromatic N) is 2. The lowest BCUT2D eigenvalue weighted by molar-refractivity contribution is -0.137. The molecule has 0 aliphatic carbocycles. The van der Waals surface area contributed by atoms with Crippen LogP contribution in [0.2, 0.25) is 0 Å². The second-order valence-corrected chi connectivity index (χ2v) is 8.27. The topological polar surface area (TPSA) is 115 Å². The molecule has 9 heteroatoms. The van der Waals surface area contributed by atoms with Crippen molar-refractivity contribution in [3.05, 3.63) is 39.9 Å². The van der Waals surface area contributed by atoms with Crippen LogP contribution in [-0.4, -0.2) is 43.9 Å². The Morgan fingerprint density at radius 3 is 2.57 bits per heavy atom. The van der Waals surface area contributed by atoms with Gasteiger partial charge in [0.2, 0.25) is 0 Å². The third kappa shape index (κ3) is 4.18. The van der Waals surface area contributed by atoms with Gasteiger partial charge in [-0.15, -0.1) is 0 Å². The molecule has 0 unspecified atom stereocenters. The van der Waals surface area contributed by atoms with Gasteiger partial charge < -0.3 is 15.4 Å². The molecule has 28 heavy (non-hydrogen) atoms. The Balaban J connectivity index is 1.86. The molecule has 3 rings (SSSR count). The van der Waals surface area contributed by atoms with Gasteiger partial charge >= 0.3 is 12.0 Å². The molecule has 0 radical (unpaired) electrons. The zero-order valence-electron chi connectivity index (χ0n) is 15.5. The van der Waals surface area contributed by atoms with Crippen molar-refractivity contribution < 1.29 is 19.5 Å². The number of hydrogen-bond donors (Lipinski definition) is 3. The van der Waals surface area contributed by atoms with Crippen molar-refractivity contribution in [2.75, 3.05) is 0 Å². The molecule has 2 atom stereocenters. The lowest BCUT2D eigenvalue weighted by Crippen LogP contribution is -2.38. The molecular weight excluding hydrogens is 475 g/mol. The Labute approximate surface area is 175 Å². The van der Waals surface area contributed by atoms with Crippen LogP contribution in [0, 0.1) is 9.49 Å². The van der Waals surface area contributed by atoms with Gasteiger partial charge in [0.15, 0.2) is 0 Å². The lowest BCUT2D eigenvalue weighted by atomic mass is 10.0. The summed E-state index contributed by atoms with van der Waals surface area (Å²) >= 11 is 2.23. The summed E-state index contributed by atoms with van der Waals surface area (Å²) in [6.45, 7) is 3.81. The van der Waals surface area contributed by atoms with Crippen molar-refractivity contribution in [2.45, 2.75) is 38.8 Å². The van der Waals surface area contributed by atoms with E-state index in [1.165, 1.54) is 0 Å². The zero-order valence-corrected chi connectivity index (χ0v) is 17.6. The Kier molecular flexibility index (Phi) is 6.01. The summed E-state index contributed by atoms with van der Waals surface area (Å²) in [5.74, 6) is -0.985. The Morgan fingerprint density at radius 2 is 1.96 bits per heavy atom. The van der Waals surface area contributed by atoms with Crippen LogP contribution in [0.15, 0.2) is 30.5 Å². The van der Waals surface area contributed by atoms with E-state index in [-0.39, 0.29) is 18.8 Å². The quantitative estimate of drug-likeness (QED) is 0.403. The smallest absolute Gasteiger partial charge is 0.325 e. The zero-order chi connectivity index (χ0) is 20.4. The predicted molar refractivity (Wildman–Crippen MR) is 110 cm³/mol. The largest absolute Gasteiger partial charge is 0.481 e. The summed E-state index contributed by atoms with van der Waals surface area (Å²) in [6, 6.07) is 6.00. The number of aromatic nitrogens is 2. The fourth-order valence-corrected chi connectivity index (χ4v) is 3.63. The van der Waals surface area contributed by atoms with Crippen LogP contribution in [0.25, 0.3) is 11.3 Å². The highest BCUT2D eigenvalue weighted by Crippen LogP contribution is 2.31. The average molecular weight is 496 g/mol. The normalized spacial score (nSPS) is 17.9. The fraction of sp³-hybridized carbons (Fsp3) is 0.368. The van der Waals surface area contributed by atoms with Crippen LogP contribution >= 0.6 is 22.6 Å². The van der Waals surface area contributed by atoms with E-state index in [0.29, 0.717) is 5.82 Å². The molecule has 1 aliphatic rings. The molecule has 2 heterocycles. The maximum atomic E-state index is 12.8. The highest BCUT2D eigenvalue weighted by Gasteiger charge is 2.44. The summed E-state index contributed by atoms with van der Waals surface area (Å²) in [5, 5.41) is 11.4. The Bertz CT molecular complexity index is 894. The third-order valence-corrected chi connectivity index (χ3v) is 5.36. The van der Waals surface area contributed by atoms with Gasteiger partial charge in [0.25, 0.3) is 5.91 Å². The number of imidazole rings is 1. The van der Waals surface area contributed by atoms with Gasteiger partial charge in [-0.2, -0.15) is 0 Å². The van der Waals surface area contributed by atoms with E-state index in [2.05, 4.69) is 37.9 Å². The molecular formula is C19H21IN4O4. The van der Waals surface area contributed by atoms with Crippen molar-refractivity contribution in [1.82, 2.24) is 20.2 Å². The average Bonchev–Trinajstić information content (AvgIpc) is 3.21. The van der Waals surface area contributed by atoms with Crippen molar-refractivity contribution in [1.29, 1.82) is 0 Å². The van der Waals surface area contributed by atoms with Crippen molar-refractivity contribution in [3.63, 3.8) is 0 Å². The van der Waals surface area contributed by atoms with E-state index in [0.717, 1.165) is 19.7 Å². The van der Waals surface area contributed by atoms with Gasteiger partial charge in [0.1, 0.15) is 17.9 Å². The number of benzene rings is 1. The van der Waals surface area contributed by atoms with Crippen LogP contribution < -0.4 is 5.32 Å². The van der Waals surface area contributed by atoms with Crippen molar-refractivity contribution in [3.8, 4) is 11.3 Å². The molecule has 0 spiro atoms. The number of imide groups is 1. The molecule has 8 nitrogen and oxygen atoms in total. The number of halogens is 1. The van der Waals surface area contributed by atoms with Crippen molar-refractivity contribution in [2.24, 2.45) is 5.92 Å². The number of carboxylic acid groups (broad SMARTS) is 1. The van der Waals surface area contributed by atoms with E-state index in [9.17, 15) is 14.4 Å². The molecule has 1 aromatic heterocycles. The molecule has 0 saturated carbocycles. The Morgan fingerprint density at radius 1 is 1.29 bits per heavy atom. The van der Waals surface area contributed by atoms with E-state index in [1.807, 2.05) is 38.1 Å². The van der Waals surface area contributed by atoms with Crippen LogP contribution in [0.3, 0.4) is 0 Å². The van der Waals surface area contributed by atoms with E-state index in [1.54, 1.807) is 6.20 Å². The standard InChI is InChI=1S/C19H21IN4O4/c1-10(2)16(24-18(27)13(23-19(24)28)7-8-15(25)26)17-21-9-14(22-17)11-3-5-12(20)6-4-11/h3-6,9-10,13,16H,7-8H2,1-2H3,(H,21,22)(H,23,28)(H,25,26)/t13-,16+/m1/s1. The number of H-pyrrole nitrogens is 1. The minimum atomic E-state index is -1.01. The van der Waals surface area contributed by atoms with E-state index >= 15 is 0 Å². The maximum absolute atomic E-state index is 12.8. The van der Waals surface area contributed by atoms with Crippen LogP contribution in [-0.2, 0) is 9.59 Å². The summed E-state index contributed by atoms with van der Waals surface area (Å²) in [5.41, 5.74) is 1.75.